The number of para-hydroxylation sites is 1. The summed E-state index contributed by atoms with van der Waals surface area (Å²) in [5, 5.41) is 11.7. The van der Waals surface area contributed by atoms with E-state index in [4.69, 9.17) is 21.6 Å². The largest absolute Gasteiger partial charge is 0.495 e. The van der Waals surface area contributed by atoms with Gasteiger partial charge in [0.05, 0.1) is 18.2 Å². The van der Waals surface area contributed by atoms with Crippen LogP contribution in [0.4, 0.5) is 10.1 Å². The second-order valence-electron chi connectivity index (χ2n) is 4.07. The first kappa shape index (κ1) is 14.8. The zero-order chi connectivity index (χ0) is 15.4. The molecule has 106 valence electrons. The molecule has 0 saturated heterocycles. The second-order valence-corrected chi connectivity index (χ2v) is 4.51. The van der Waals surface area contributed by atoms with Crippen molar-refractivity contribution in [1.29, 1.82) is 5.26 Å². The predicted molar refractivity (Wildman–Crippen MR) is 77.1 cm³/mol. The second kappa shape index (κ2) is 6.25. The normalized spacial score (nSPS) is 9.81. The van der Waals surface area contributed by atoms with Gasteiger partial charge < -0.3 is 10.1 Å². The average molecular weight is 305 g/mol. The van der Waals surface area contributed by atoms with Gasteiger partial charge >= 0.3 is 0 Å². The Balaban J connectivity index is 2.38. The third kappa shape index (κ3) is 3.12. The Labute approximate surface area is 125 Å². The predicted octanol–water partition coefficient (Wildman–Crippen LogP) is 3.61. The SMILES string of the molecule is COc1cccc(C#N)c1NC(=O)c1ccc(Cl)cc1F. The highest BCUT2D eigenvalue weighted by molar-refractivity contribution is 6.30. The number of nitrogens with one attached hydrogen (secondary N) is 1. The molecule has 2 rings (SSSR count). The molecule has 0 spiro atoms. The highest BCUT2D eigenvalue weighted by Crippen LogP contribution is 2.28. The van der Waals surface area contributed by atoms with E-state index in [0.29, 0.717) is 5.75 Å². The van der Waals surface area contributed by atoms with Crippen molar-refractivity contribution in [2.45, 2.75) is 0 Å². The molecule has 0 saturated carbocycles. The van der Waals surface area contributed by atoms with Crippen LogP contribution in [0.1, 0.15) is 15.9 Å². The summed E-state index contributed by atoms with van der Waals surface area (Å²) in [6.07, 6.45) is 0. The van der Waals surface area contributed by atoms with Crippen molar-refractivity contribution in [2.24, 2.45) is 0 Å². The third-order valence-electron chi connectivity index (χ3n) is 2.78. The van der Waals surface area contributed by atoms with Gasteiger partial charge in [0.15, 0.2) is 0 Å². The summed E-state index contributed by atoms with van der Waals surface area (Å²) in [6, 6.07) is 10.4. The van der Waals surface area contributed by atoms with Gasteiger partial charge in [0.25, 0.3) is 5.91 Å². The number of amides is 1. The highest BCUT2D eigenvalue weighted by Gasteiger charge is 2.16. The maximum absolute atomic E-state index is 13.7. The Morgan fingerprint density at radius 2 is 2.14 bits per heavy atom. The van der Waals surface area contributed by atoms with E-state index in [-0.39, 0.29) is 21.8 Å². The van der Waals surface area contributed by atoms with E-state index in [2.05, 4.69) is 5.32 Å². The van der Waals surface area contributed by atoms with Crippen molar-refractivity contribution < 1.29 is 13.9 Å². The van der Waals surface area contributed by atoms with E-state index in [1.165, 1.54) is 25.3 Å². The van der Waals surface area contributed by atoms with Crippen LogP contribution in [0, 0.1) is 17.1 Å². The molecule has 0 aliphatic heterocycles. The Bertz CT molecular complexity index is 741. The average Bonchev–Trinajstić information content (AvgIpc) is 2.47. The van der Waals surface area contributed by atoms with Crippen molar-refractivity contribution in [3.8, 4) is 11.8 Å². The molecule has 0 radical (unpaired) electrons. The zero-order valence-electron chi connectivity index (χ0n) is 11.0. The van der Waals surface area contributed by atoms with Gasteiger partial charge in [0.2, 0.25) is 0 Å². The van der Waals surface area contributed by atoms with Gasteiger partial charge in [-0.25, -0.2) is 4.39 Å². The number of nitrogens with zero attached hydrogens (tertiary/aromatic N) is 1. The summed E-state index contributed by atoms with van der Waals surface area (Å²) in [5.74, 6) is -1.12. The number of halogens is 2. The molecule has 1 N–H and O–H groups in total. The van der Waals surface area contributed by atoms with Crippen LogP contribution < -0.4 is 10.1 Å². The van der Waals surface area contributed by atoms with E-state index in [1.54, 1.807) is 12.1 Å². The molecule has 4 nitrogen and oxygen atoms in total. The van der Waals surface area contributed by atoms with Crippen LogP contribution in [-0.4, -0.2) is 13.0 Å². The molecule has 0 fully saturated rings. The van der Waals surface area contributed by atoms with Crippen molar-refractivity contribution in [3.05, 3.63) is 58.4 Å². The van der Waals surface area contributed by atoms with Gasteiger partial charge in [-0.1, -0.05) is 17.7 Å². The lowest BCUT2D eigenvalue weighted by molar-refractivity contribution is 0.102. The maximum Gasteiger partial charge on any atom is 0.258 e. The van der Waals surface area contributed by atoms with E-state index < -0.39 is 11.7 Å². The van der Waals surface area contributed by atoms with Crippen LogP contribution in [-0.2, 0) is 0 Å². The molecule has 1 amide bonds. The first-order valence-electron chi connectivity index (χ1n) is 5.90. The fourth-order valence-electron chi connectivity index (χ4n) is 1.78. The third-order valence-corrected chi connectivity index (χ3v) is 3.02. The fourth-order valence-corrected chi connectivity index (χ4v) is 1.94. The Morgan fingerprint density at radius 1 is 1.38 bits per heavy atom. The van der Waals surface area contributed by atoms with Crippen LogP contribution in [0.5, 0.6) is 5.75 Å². The standard InChI is InChI=1S/C15H10ClFN2O2/c1-21-13-4-2-3-9(8-18)14(13)19-15(20)11-6-5-10(16)7-12(11)17/h2-7H,1H3,(H,19,20). The Morgan fingerprint density at radius 3 is 2.76 bits per heavy atom. The highest BCUT2D eigenvalue weighted by atomic mass is 35.5. The first-order valence-corrected chi connectivity index (χ1v) is 6.28. The number of carbonyl (C=O) groups excluding carboxylic acids is 1. The van der Waals surface area contributed by atoms with Crippen molar-refractivity contribution in [1.82, 2.24) is 0 Å². The minimum absolute atomic E-state index is 0.172. The molecule has 0 bridgehead atoms. The van der Waals surface area contributed by atoms with Crippen molar-refractivity contribution in [2.75, 3.05) is 12.4 Å². The molecular weight excluding hydrogens is 295 g/mol. The number of benzene rings is 2. The van der Waals surface area contributed by atoms with E-state index in [1.807, 2.05) is 6.07 Å². The number of methoxy groups -OCH3 is 1. The molecular formula is C15H10ClFN2O2. The van der Waals surface area contributed by atoms with Gasteiger partial charge in [-0.15, -0.1) is 0 Å². The van der Waals surface area contributed by atoms with Crippen molar-refractivity contribution in [3.63, 3.8) is 0 Å². The first-order chi connectivity index (χ1) is 10.1. The quantitative estimate of drug-likeness (QED) is 0.942. The lowest BCUT2D eigenvalue weighted by Crippen LogP contribution is -2.15. The summed E-state index contributed by atoms with van der Waals surface area (Å²) < 4.78 is 18.8. The van der Waals surface area contributed by atoms with Gasteiger partial charge in [0, 0.05) is 5.02 Å². The minimum Gasteiger partial charge on any atom is -0.495 e. The summed E-state index contributed by atoms with van der Waals surface area (Å²) in [7, 11) is 1.41. The van der Waals surface area contributed by atoms with Gasteiger partial charge in [0.1, 0.15) is 23.3 Å². The van der Waals surface area contributed by atoms with Crippen LogP contribution in [0.15, 0.2) is 36.4 Å². The monoisotopic (exact) mass is 304 g/mol. The number of carbonyl (C=O) groups is 1. The van der Waals surface area contributed by atoms with Gasteiger partial charge in [-0.2, -0.15) is 5.26 Å². The topological polar surface area (TPSA) is 62.1 Å². The van der Waals surface area contributed by atoms with E-state index in [0.717, 1.165) is 6.07 Å². The fraction of sp³-hybridized carbons (Fsp3) is 0.0667. The van der Waals surface area contributed by atoms with Crippen molar-refractivity contribution >= 4 is 23.2 Å². The number of ether oxygens (including phenoxy) is 1. The number of rotatable bonds is 3. The molecule has 2 aromatic carbocycles. The van der Waals surface area contributed by atoms with E-state index in [9.17, 15) is 9.18 Å². The molecule has 2 aromatic rings. The summed E-state index contributed by atoms with van der Waals surface area (Å²) in [6.45, 7) is 0. The molecule has 0 aromatic heterocycles. The summed E-state index contributed by atoms with van der Waals surface area (Å²) in [5.41, 5.74) is 0.244. The smallest absolute Gasteiger partial charge is 0.258 e. The Kier molecular flexibility index (Phi) is 4.41. The lowest BCUT2D eigenvalue weighted by Gasteiger charge is -2.12. The van der Waals surface area contributed by atoms with E-state index >= 15 is 0 Å². The van der Waals surface area contributed by atoms with Crippen LogP contribution in [0.3, 0.4) is 0 Å². The number of hydrogen-bond donors (Lipinski definition) is 1. The minimum atomic E-state index is -0.742. The van der Waals surface area contributed by atoms with Crippen LogP contribution >= 0.6 is 11.6 Å². The zero-order valence-corrected chi connectivity index (χ0v) is 11.7. The molecule has 0 unspecified atom stereocenters. The number of nitriles is 1. The molecule has 0 aliphatic carbocycles. The number of anilines is 1. The molecule has 21 heavy (non-hydrogen) atoms. The summed E-state index contributed by atoms with van der Waals surface area (Å²) in [4.78, 5) is 12.1. The van der Waals surface area contributed by atoms with Gasteiger partial charge in [-0.05, 0) is 30.3 Å². The van der Waals surface area contributed by atoms with Crippen LogP contribution in [0.25, 0.3) is 0 Å². The number of hydrogen-bond acceptors (Lipinski definition) is 3. The summed E-state index contributed by atoms with van der Waals surface area (Å²) >= 11 is 5.64. The molecule has 0 heterocycles. The Hall–Kier alpha value is -2.58. The molecule has 0 atom stereocenters. The maximum atomic E-state index is 13.7. The molecule has 6 heteroatoms. The molecule has 0 aliphatic rings. The lowest BCUT2D eigenvalue weighted by atomic mass is 10.1. The van der Waals surface area contributed by atoms with Crippen LogP contribution in [0.2, 0.25) is 5.02 Å². The van der Waals surface area contributed by atoms with Gasteiger partial charge in [-0.3, -0.25) is 4.79 Å².